The maximum absolute atomic E-state index is 13.3. The summed E-state index contributed by atoms with van der Waals surface area (Å²) in [5, 5.41) is 11.1. The number of carbonyl (C=O) groups excluding carboxylic acids is 1. The molecule has 37 heavy (non-hydrogen) atoms. The molecule has 192 valence electrons. The average molecular weight is 523 g/mol. The summed E-state index contributed by atoms with van der Waals surface area (Å²) >= 11 is 0. The second-order valence-electron chi connectivity index (χ2n) is 8.98. The molecule has 0 radical (unpaired) electrons. The van der Waals surface area contributed by atoms with Crippen LogP contribution in [0.1, 0.15) is 28.8 Å². The molecule has 1 fully saturated rings. The fraction of sp³-hybridized carbons (Fsp3) is 0.269. The van der Waals surface area contributed by atoms with Crippen molar-refractivity contribution >= 4 is 26.8 Å². The third kappa shape index (κ3) is 5.10. The van der Waals surface area contributed by atoms with Crippen LogP contribution in [0.25, 0.3) is 16.6 Å². The van der Waals surface area contributed by atoms with Gasteiger partial charge in [-0.15, -0.1) is 0 Å². The first-order valence-electron chi connectivity index (χ1n) is 12.0. The Hall–Kier alpha value is -3.67. The summed E-state index contributed by atoms with van der Waals surface area (Å²) in [5.74, 6) is -0.683. The van der Waals surface area contributed by atoms with Crippen LogP contribution in [0.2, 0.25) is 0 Å². The van der Waals surface area contributed by atoms with Crippen LogP contribution in [0.4, 0.5) is 4.39 Å². The van der Waals surface area contributed by atoms with E-state index in [-0.39, 0.29) is 29.2 Å². The number of benzene rings is 2. The summed E-state index contributed by atoms with van der Waals surface area (Å²) in [5.41, 5.74) is 2.39. The number of nitrogens with one attached hydrogen (secondary N) is 2. The Bertz CT molecular complexity index is 1510. The van der Waals surface area contributed by atoms with E-state index in [0.29, 0.717) is 22.2 Å². The van der Waals surface area contributed by atoms with Gasteiger partial charge in [0.2, 0.25) is 10.0 Å². The van der Waals surface area contributed by atoms with Gasteiger partial charge in [0.15, 0.2) is 0 Å². The van der Waals surface area contributed by atoms with E-state index in [0.717, 1.165) is 31.5 Å². The molecule has 1 saturated heterocycles. The van der Waals surface area contributed by atoms with Gasteiger partial charge < -0.3 is 10.6 Å². The van der Waals surface area contributed by atoms with Crippen molar-refractivity contribution in [3.63, 3.8) is 0 Å². The number of piperidine rings is 1. The molecular formula is C26H27FN6O3S. The quantitative estimate of drug-likeness (QED) is 0.386. The minimum Gasteiger partial charge on any atom is -0.348 e. The van der Waals surface area contributed by atoms with Crippen LogP contribution in [0.15, 0.2) is 72.0 Å². The van der Waals surface area contributed by atoms with Crippen LogP contribution < -0.4 is 10.6 Å². The normalized spacial score (nSPS) is 14.8. The zero-order chi connectivity index (χ0) is 26.0. The number of fused-ring (bicyclic) bond motifs is 1. The van der Waals surface area contributed by atoms with Crippen LogP contribution in [0.5, 0.6) is 0 Å². The lowest BCUT2D eigenvalue weighted by molar-refractivity contribution is 0.0952. The van der Waals surface area contributed by atoms with E-state index < -0.39 is 10.0 Å². The summed E-state index contributed by atoms with van der Waals surface area (Å²) in [7, 11) is -1.97. The standard InChI is InChI=1S/C26H27FN6O3S/c1-32(20-10-12-28-13-11-20)37(35,36)22-8-2-18(3-9-22)14-30-26(34)24-15-29-17-25-23(24)16-31-33(25)21-6-4-19(27)5-7-21/h2-9,15-17,20,28H,10-14H2,1H3,(H,30,34). The van der Waals surface area contributed by atoms with Crippen molar-refractivity contribution in [2.24, 2.45) is 0 Å². The van der Waals surface area contributed by atoms with E-state index in [1.807, 2.05) is 0 Å². The number of halogens is 1. The number of amides is 1. The molecule has 2 N–H and O–H groups in total. The highest BCUT2D eigenvalue weighted by molar-refractivity contribution is 7.89. The van der Waals surface area contributed by atoms with E-state index in [1.165, 1.54) is 22.6 Å². The van der Waals surface area contributed by atoms with Crippen molar-refractivity contribution < 1.29 is 17.6 Å². The van der Waals surface area contributed by atoms with E-state index >= 15 is 0 Å². The van der Waals surface area contributed by atoms with E-state index in [2.05, 4.69) is 20.7 Å². The van der Waals surface area contributed by atoms with Gasteiger partial charge in [-0.3, -0.25) is 9.78 Å². The molecule has 2 aromatic heterocycles. The molecule has 9 nitrogen and oxygen atoms in total. The Morgan fingerprint density at radius 2 is 1.78 bits per heavy atom. The minimum absolute atomic E-state index is 0.0195. The summed E-state index contributed by atoms with van der Waals surface area (Å²) in [6.45, 7) is 1.82. The first kappa shape index (κ1) is 25.0. The average Bonchev–Trinajstić information content (AvgIpc) is 3.37. The Labute approximate surface area is 214 Å². The predicted octanol–water partition coefficient (Wildman–Crippen LogP) is 2.86. The molecule has 0 spiro atoms. The number of sulfonamides is 1. The summed E-state index contributed by atoms with van der Waals surface area (Å²) in [6.07, 6.45) is 6.21. The molecule has 0 aliphatic carbocycles. The second kappa shape index (κ2) is 10.4. The first-order chi connectivity index (χ1) is 17.8. The van der Waals surface area contributed by atoms with Crippen LogP contribution >= 0.6 is 0 Å². The number of nitrogens with zero attached hydrogens (tertiary/aromatic N) is 4. The van der Waals surface area contributed by atoms with Crippen molar-refractivity contribution in [2.75, 3.05) is 20.1 Å². The van der Waals surface area contributed by atoms with Crippen LogP contribution in [-0.2, 0) is 16.6 Å². The lowest BCUT2D eigenvalue weighted by Gasteiger charge is -2.30. The maximum Gasteiger partial charge on any atom is 0.253 e. The van der Waals surface area contributed by atoms with Gasteiger partial charge in [0.25, 0.3) is 5.91 Å². The van der Waals surface area contributed by atoms with Gasteiger partial charge in [0.1, 0.15) is 5.82 Å². The molecule has 1 amide bonds. The number of carbonyl (C=O) groups is 1. The van der Waals surface area contributed by atoms with E-state index in [4.69, 9.17) is 0 Å². The summed E-state index contributed by atoms with van der Waals surface area (Å²) in [4.78, 5) is 17.4. The maximum atomic E-state index is 13.3. The third-order valence-corrected chi connectivity index (χ3v) is 8.61. The number of hydrogen-bond acceptors (Lipinski definition) is 6. The highest BCUT2D eigenvalue weighted by atomic mass is 32.2. The van der Waals surface area contributed by atoms with E-state index in [1.54, 1.807) is 60.5 Å². The SMILES string of the molecule is CN(C1CCNCC1)S(=O)(=O)c1ccc(CNC(=O)c2cncc3c2cnn3-c2ccc(F)cc2)cc1. The van der Waals surface area contributed by atoms with Crippen molar-refractivity contribution in [2.45, 2.75) is 30.3 Å². The Kier molecular flexibility index (Phi) is 7.00. The largest absolute Gasteiger partial charge is 0.348 e. The fourth-order valence-electron chi connectivity index (χ4n) is 4.50. The minimum atomic E-state index is -3.60. The Balaban J connectivity index is 1.28. The molecule has 11 heteroatoms. The number of hydrogen-bond donors (Lipinski definition) is 2. The lowest BCUT2D eigenvalue weighted by Crippen LogP contribution is -2.43. The van der Waals surface area contributed by atoms with Gasteiger partial charge in [0, 0.05) is 31.2 Å². The fourth-order valence-corrected chi connectivity index (χ4v) is 5.92. The number of rotatable bonds is 7. The molecule has 0 bridgehead atoms. The zero-order valence-electron chi connectivity index (χ0n) is 20.3. The molecule has 4 aromatic rings. The molecule has 0 saturated carbocycles. The smallest absolute Gasteiger partial charge is 0.253 e. The molecule has 1 aliphatic heterocycles. The van der Waals surface area contributed by atoms with Gasteiger partial charge in [-0.25, -0.2) is 17.5 Å². The highest BCUT2D eigenvalue weighted by Crippen LogP contribution is 2.23. The first-order valence-corrected chi connectivity index (χ1v) is 13.4. The van der Waals surface area contributed by atoms with E-state index in [9.17, 15) is 17.6 Å². The van der Waals surface area contributed by atoms with Gasteiger partial charge in [-0.05, 0) is 67.9 Å². The molecule has 0 unspecified atom stereocenters. The predicted molar refractivity (Wildman–Crippen MR) is 137 cm³/mol. The monoisotopic (exact) mass is 522 g/mol. The van der Waals surface area contributed by atoms with Crippen LogP contribution in [-0.4, -0.2) is 59.6 Å². The second-order valence-corrected chi connectivity index (χ2v) is 11.0. The number of aromatic nitrogens is 3. The van der Waals surface area contributed by atoms with Gasteiger partial charge in [-0.1, -0.05) is 12.1 Å². The Morgan fingerprint density at radius 1 is 1.08 bits per heavy atom. The van der Waals surface area contributed by atoms with Gasteiger partial charge in [0.05, 0.1) is 34.1 Å². The zero-order valence-corrected chi connectivity index (χ0v) is 21.1. The van der Waals surface area contributed by atoms with Crippen LogP contribution in [0.3, 0.4) is 0 Å². The molecule has 5 rings (SSSR count). The topological polar surface area (TPSA) is 109 Å². The molecule has 1 aliphatic rings. The van der Waals surface area contributed by atoms with Gasteiger partial charge in [-0.2, -0.15) is 9.40 Å². The van der Waals surface area contributed by atoms with Gasteiger partial charge >= 0.3 is 0 Å². The lowest BCUT2D eigenvalue weighted by atomic mass is 10.1. The van der Waals surface area contributed by atoms with Crippen molar-refractivity contribution in [3.05, 3.63) is 84.1 Å². The van der Waals surface area contributed by atoms with Crippen molar-refractivity contribution in [3.8, 4) is 5.69 Å². The van der Waals surface area contributed by atoms with Crippen LogP contribution in [0, 0.1) is 5.82 Å². The molecule has 2 aromatic carbocycles. The molecular weight excluding hydrogens is 495 g/mol. The Morgan fingerprint density at radius 3 is 2.49 bits per heavy atom. The third-order valence-electron chi connectivity index (χ3n) is 6.69. The highest BCUT2D eigenvalue weighted by Gasteiger charge is 2.28. The summed E-state index contributed by atoms with van der Waals surface area (Å²) in [6, 6.07) is 12.4. The van der Waals surface area contributed by atoms with Crippen molar-refractivity contribution in [1.82, 2.24) is 29.7 Å². The number of pyridine rings is 1. The molecule has 0 atom stereocenters. The van der Waals surface area contributed by atoms with Crippen molar-refractivity contribution in [1.29, 1.82) is 0 Å². The molecule has 3 heterocycles. The summed E-state index contributed by atoms with van der Waals surface area (Å²) < 4.78 is 42.4.